The molecule has 0 aromatic carbocycles. The van der Waals surface area contributed by atoms with E-state index in [0.29, 0.717) is 5.95 Å². The molecule has 1 unspecified atom stereocenters. The molecule has 2 N–H and O–H groups in total. The Bertz CT molecular complexity index is 542. The van der Waals surface area contributed by atoms with Gasteiger partial charge in [-0.15, -0.1) is 0 Å². The second-order valence-electron chi connectivity index (χ2n) is 5.00. The first kappa shape index (κ1) is 15.2. The predicted octanol–water partition coefficient (Wildman–Crippen LogP) is 2.38. The van der Waals surface area contributed by atoms with Gasteiger partial charge < -0.3 is 10.5 Å². The summed E-state index contributed by atoms with van der Waals surface area (Å²) in [4.78, 5) is 12.3. The van der Waals surface area contributed by atoms with Crippen LogP contribution in [0.15, 0.2) is 18.5 Å². The van der Waals surface area contributed by atoms with Crippen molar-refractivity contribution in [1.29, 1.82) is 0 Å². The highest BCUT2D eigenvalue weighted by atomic mass is 16.5. The third kappa shape index (κ3) is 4.70. The van der Waals surface area contributed by atoms with Gasteiger partial charge in [0.25, 0.3) is 5.95 Å². The number of nitrogens with zero attached hydrogens (tertiary/aromatic N) is 5. The molecule has 7 nitrogen and oxygen atoms in total. The fraction of sp³-hybridized carbons (Fsp3) is 0.571. The molecule has 7 heteroatoms. The molecule has 0 aliphatic rings. The summed E-state index contributed by atoms with van der Waals surface area (Å²) in [5.41, 5.74) is 5.70. The lowest BCUT2D eigenvalue weighted by Gasteiger charge is -2.13. The van der Waals surface area contributed by atoms with E-state index in [4.69, 9.17) is 10.5 Å². The molecular weight excluding hydrogens is 268 g/mol. The average Bonchev–Trinajstić information content (AvgIpc) is 2.97. The first-order chi connectivity index (χ1) is 10.2. The van der Waals surface area contributed by atoms with Crippen molar-refractivity contribution in [3.63, 3.8) is 0 Å². The molecule has 1 atom stereocenters. The molecule has 0 amide bonds. The zero-order chi connectivity index (χ0) is 15.1. The maximum Gasteiger partial charge on any atom is 0.323 e. The van der Waals surface area contributed by atoms with Crippen molar-refractivity contribution >= 4 is 5.95 Å². The number of anilines is 1. The maximum absolute atomic E-state index is 5.73. The zero-order valence-corrected chi connectivity index (χ0v) is 12.6. The summed E-state index contributed by atoms with van der Waals surface area (Å²) < 4.78 is 7.26. The normalized spacial score (nSPS) is 12.3. The van der Waals surface area contributed by atoms with Crippen LogP contribution in [0, 0.1) is 0 Å². The second-order valence-corrected chi connectivity index (χ2v) is 5.00. The van der Waals surface area contributed by atoms with Gasteiger partial charge in [0.2, 0.25) is 5.95 Å². The Morgan fingerprint density at radius 2 is 2.10 bits per heavy atom. The Labute approximate surface area is 124 Å². The van der Waals surface area contributed by atoms with Crippen LogP contribution in [0.25, 0.3) is 5.95 Å². The second kappa shape index (κ2) is 7.56. The van der Waals surface area contributed by atoms with Crippen molar-refractivity contribution in [2.24, 2.45) is 0 Å². The van der Waals surface area contributed by atoms with E-state index in [1.807, 2.05) is 6.92 Å². The van der Waals surface area contributed by atoms with E-state index in [9.17, 15) is 0 Å². The number of rotatable bonds is 8. The highest BCUT2D eigenvalue weighted by Crippen LogP contribution is 2.13. The summed E-state index contributed by atoms with van der Waals surface area (Å²) in [6.07, 6.45) is 9.27. The molecule has 0 fully saturated rings. The molecule has 0 saturated heterocycles. The van der Waals surface area contributed by atoms with Gasteiger partial charge in [-0.25, -0.2) is 4.68 Å². The maximum atomic E-state index is 5.73. The molecule has 0 aliphatic heterocycles. The van der Waals surface area contributed by atoms with Gasteiger partial charge in [0.15, 0.2) is 0 Å². The molecule has 2 aromatic rings. The van der Waals surface area contributed by atoms with Crippen LogP contribution < -0.4 is 10.5 Å². The van der Waals surface area contributed by atoms with E-state index in [-0.39, 0.29) is 18.1 Å². The fourth-order valence-electron chi connectivity index (χ4n) is 2.00. The van der Waals surface area contributed by atoms with Gasteiger partial charge in [0.05, 0.1) is 6.10 Å². The van der Waals surface area contributed by atoms with Crippen molar-refractivity contribution in [3.8, 4) is 12.0 Å². The topological polar surface area (TPSA) is 91.7 Å². The Hall–Kier alpha value is -2.18. The van der Waals surface area contributed by atoms with E-state index in [0.717, 1.165) is 12.8 Å². The molecule has 0 bridgehead atoms. The molecule has 114 valence electrons. The minimum Gasteiger partial charge on any atom is -0.460 e. The Kier molecular flexibility index (Phi) is 5.48. The van der Waals surface area contributed by atoms with Crippen molar-refractivity contribution in [1.82, 2.24) is 24.7 Å². The fourth-order valence-corrected chi connectivity index (χ4v) is 2.00. The van der Waals surface area contributed by atoms with Crippen LogP contribution in [-0.2, 0) is 0 Å². The summed E-state index contributed by atoms with van der Waals surface area (Å²) in [7, 11) is 0. The number of unbranched alkanes of at least 4 members (excludes halogenated alkanes) is 3. The summed E-state index contributed by atoms with van der Waals surface area (Å²) >= 11 is 0. The molecule has 0 aliphatic carbocycles. The molecule has 2 rings (SSSR count). The van der Waals surface area contributed by atoms with Crippen molar-refractivity contribution in [3.05, 3.63) is 18.5 Å². The van der Waals surface area contributed by atoms with Crippen LogP contribution in [0.1, 0.15) is 46.0 Å². The molecule has 0 saturated carbocycles. The highest BCUT2D eigenvalue weighted by molar-refractivity contribution is 5.24. The van der Waals surface area contributed by atoms with Crippen LogP contribution in [-0.4, -0.2) is 30.8 Å². The molecular formula is C14H22N6O. The van der Waals surface area contributed by atoms with Gasteiger partial charge in [-0.3, -0.25) is 0 Å². The number of aromatic nitrogens is 5. The molecule has 0 spiro atoms. The van der Waals surface area contributed by atoms with Crippen molar-refractivity contribution in [2.45, 2.75) is 52.1 Å². The minimum absolute atomic E-state index is 0.0501. The molecule has 2 aromatic heterocycles. The van der Waals surface area contributed by atoms with Gasteiger partial charge in [-0.1, -0.05) is 26.2 Å². The largest absolute Gasteiger partial charge is 0.460 e. The first-order valence-corrected chi connectivity index (χ1v) is 7.37. The van der Waals surface area contributed by atoms with E-state index < -0.39 is 0 Å². The number of hydrogen-bond donors (Lipinski definition) is 1. The number of hydrogen-bond acceptors (Lipinski definition) is 6. The van der Waals surface area contributed by atoms with Crippen LogP contribution in [0.3, 0.4) is 0 Å². The lowest BCUT2D eigenvalue weighted by Crippen LogP contribution is -2.16. The quantitative estimate of drug-likeness (QED) is 0.750. The van der Waals surface area contributed by atoms with Crippen molar-refractivity contribution in [2.75, 3.05) is 5.73 Å². The summed E-state index contributed by atoms with van der Waals surface area (Å²) in [5.74, 6) is 0.490. The van der Waals surface area contributed by atoms with Gasteiger partial charge in [-0.05, 0) is 25.8 Å². The molecule has 2 heterocycles. The zero-order valence-electron chi connectivity index (χ0n) is 12.6. The number of ether oxygens (including phenoxy) is 1. The highest BCUT2D eigenvalue weighted by Gasteiger charge is 2.11. The van der Waals surface area contributed by atoms with Crippen LogP contribution in [0.5, 0.6) is 6.01 Å². The van der Waals surface area contributed by atoms with Crippen LogP contribution in [0.2, 0.25) is 0 Å². The third-order valence-corrected chi connectivity index (χ3v) is 3.10. The Balaban J connectivity index is 1.97. The monoisotopic (exact) mass is 290 g/mol. The number of nitrogen functional groups attached to an aromatic ring is 1. The smallest absolute Gasteiger partial charge is 0.323 e. The molecule has 0 radical (unpaired) electrons. The predicted molar refractivity (Wildman–Crippen MR) is 80.2 cm³/mol. The van der Waals surface area contributed by atoms with Gasteiger partial charge in [-0.2, -0.15) is 20.1 Å². The summed E-state index contributed by atoms with van der Waals surface area (Å²) in [6, 6.07) is 2.03. The van der Waals surface area contributed by atoms with Crippen molar-refractivity contribution < 1.29 is 4.74 Å². The van der Waals surface area contributed by atoms with Crippen LogP contribution >= 0.6 is 0 Å². The van der Waals surface area contributed by atoms with E-state index in [1.165, 1.54) is 23.9 Å². The SMILES string of the molecule is CCCCCCC(C)Oc1nc(N)nc(-n2cccn2)n1. The number of nitrogens with two attached hydrogens (primary N) is 1. The Morgan fingerprint density at radius 1 is 1.24 bits per heavy atom. The van der Waals surface area contributed by atoms with Gasteiger partial charge in [0.1, 0.15) is 0 Å². The van der Waals surface area contributed by atoms with Gasteiger partial charge >= 0.3 is 6.01 Å². The first-order valence-electron chi connectivity index (χ1n) is 7.37. The van der Waals surface area contributed by atoms with Gasteiger partial charge in [0, 0.05) is 12.4 Å². The lowest BCUT2D eigenvalue weighted by molar-refractivity contribution is 0.189. The van der Waals surface area contributed by atoms with Crippen LogP contribution in [0.4, 0.5) is 5.95 Å². The van der Waals surface area contributed by atoms with E-state index >= 15 is 0 Å². The summed E-state index contributed by atoms with van der Waals surface area (Å²) in [6.45, 7) is 4.21. The third-order valence-electron chi connectivity index (χ3n) is 3.10. The minimum atomic E-state index is 0.0501. The van der Waals surface area contributed by atoms with E-state index in [2.05, 4.69) is 27.0 Å². The summed E-state index contributed by atoms with van der Waals surface area (Å²) in [5, 5.41) is 4.07. The average molecular weight is 290 g/mol. The molecule has 21 heavy (non-hydrogen) atoms. The Morgan fingerprint density at radius 3 is 2.81 bits per heavy atom. The lowest BCUT2D eigenvalue weighted by atomic mass is 10.1. The van der Waals surface area contributed by atoms with E-state index in [1.54, 1.807) is 18.5 Å². The standard InChI is InChI=1S/C14H22N6O/c1-3-4-5-6-8-11(2)21-14-18-12(15)17-13(19-14)20-10-7-9-16-20/h7,9-11H,3-6,8H2,1-2H3,(H2,15,17,18,19).